The van der Waals surface area contributed by atoms with Gasteiger partial charge in [-0.25, -0.2) is 9.97 Å². The molecular formula is C21H24N4O2S. The quantitative estimate of drug-likeness (QED) is 0.713. The number of carbonyl (C=O) groups excluding carboxylic acids is 1. The van der Waals surface area contributed by atoms with E-state index in [-0.39, 0.29) is 17.9 Å². The van der Waals surface area contributed by atoms with Crippen molar-refractivity contribution in [1.82, 2.24) is 14.9 Å². The number of nitrogens with zero attached hydrogens (tertiary/aromatic N) is 3. The summed E-state index contributed by atoms with van der Waals surface area (Å²) in [5.41, 5.74) is 1.85. The minimum atomic E-state index is -0.355. The van der Waals surface area contributed by atoms with Crippen molar-refractivity contribution in [3.05, 3.63) is 41.1 Å². The number of benzene rings is 1. The maximum absolute atomic E-state index is 13.2. The number of amides is 1. The van der Waals surface area contributed by atoms with Gasteiger partial charge in [0, 0.05) is 29.4 Å². The van der Waals surface area contributed by atoms with Crippen LogP contribution in [-0.4, -0.2) is 53.1 Å². The van der Waals surface area contributed by atoms with Gasteiger partial charge in [-0.3, -0.25) is 4.79 Å². The fraction of sp³-hybridized carbons (Fsp3) is 0.381. The Bertz CT molecular complexity index is 952. The van der Waals surface area contributed by atoms with E-state index in [1.807, 2.05) is 46.0 Å². The second kappa shape index (κ2) is 8.24. The Hall–Kier alpha value is -2.51. The van der Waals surface area contributed by atoms with Crippen LogP contribution in [0.1, 0.15) is 13.8 Å². The van der Waals surface area contributed by atoms with E-state index in [0.29, 0.717) is 37.9 Å². The molecule has 1 fully saturated rings. The van der Waals surface area contributed by atoms with Gasteiger partial charge in [0.2, 0.25) is 5.91 Å². The van der Waals surface area contributed by atoms with Crippen LogP contribution in [0.15, 0.2) is 41.1 Å². The van der Waals surface area contributed by atoms with E-state index in [9.17, 15) is 4.79 Å². The molecule has 0 spiro atoms. The molecule has 146 valence electrons. The van der Waals surface area contributed by atoms with Gasteiger partial charge in [-0.2, -0.15) is 11.3 Å². The number of rotatable bonds is 5. The fourth-order valence-electron chi connectivity index (χ4n) is 3.35. The first-order valence-electron chi connectivity index (χ1n) is 9.56. The highest BCUT2D eigenvalue weighted by Gasteiger charge is 2.29. The Balaban J connectivity index is 1.71. The molecule has 0 aliphatic carbocycles. The Morgan fingerprint density at radius 3 is 2.68 bits per heavy atom. The summed E-state index contributed by atoms with van der Waals surface area (Å²) in [6.45, 7) is 6.56. The molecule has 6 nitrogen and oxygen atoms in total. The number of fused-ring (bicyclic) bond motifs is 1. The number of morpholine rings is 1. The van der Waals surface area contributed by atoms with Crippen molar-refractivity contribution in [3.63, 3.8) is 0 Å². The lowest BCUT2D eigenvalue weighted by atomic mass is 10.0. The van der Waals surface area contributed by atoms with E-state index in [2.05, 4.69) is 19.2 Å². The molecule has 0 saturated carbocycles. The minimum Gasteiger partial charge on any atom is -0.378 e. The SMILES string of the molecule is CC(C)C(Nc1nc(-c2ccsc2)nc2ccccc12)C(=O)N1CCOCC1. The topological polar surface area (TPSA) is 67.4 Å². The Morgan fingerprint density at radius 1 is 1.18 bits per heavy atom. The third-order valence-corrected chi connectivity index (χ3v) is 5.61. The molecule has 1 N–H and O–H groups in total. The van der Waals surface area contributed by atoms with E-state index >= 15 is 0 Å². The van der Waals surface area contributed by atoms with Crippen molar-refractivity contribution in [3.8, 4) is 11.4 Å². The van der Waals surface area contributed by atoms with Gasteiger partial charge in [0.25, 0.3) is 0 Å². The Labute approximate surface area is 168 Å². The zero-order valence-corrected chi connectivity index (χ0v) is 16.9. The van der Waals surface area contributed by atoms with Gasteiger partial charge in [0.1, 0.15) is 11.9 Å². The van der Waals surface area contributed by atoms with Gasteiger partial charge < -0.3 is 15.0 Å². The summed E-state index contributed by atoms with van der Waals surface area (Å²) >= 11 is 1.62. The van der Waals surface area contributed by atoms with Gasteiger partial charge in [0.15, 0.2) is 5.82 Å². The highest BCUT2D eigenvalue weighted by molar-refractivity contribution is 7.08. The molecule has 1 aliphatic heterocycles. The number of carbonyl (C=O) groups is 1. The largest absolute Gasteiger partial charge is 0.378 e. The van der Waals surface area contributed by atoms with Crippen LogP contribution in [-0.2, 0) is 9.53 Å². The van der Waals surface area contributed by atoms with Gasteiger partial charge >= 0.3 is 0 Å². The Kier molecular flexibility index (Phi) is 5.54. The number of nitrogens with one attached hydrogen (secondary N) is 1. The van der Waals surface area contributed by atoms with Crippen LogP contribution in [0.2, 0.25) is 0 Å². The van der Waals surface area contributed by atoms with E-state index in [1.54, 1.807) is 11.3 Å². The lowest BCUT2D eigenvalue weighted by Gasteiger charge is -2.32. The first-order chi connectivity index (χ1) is 13.6. The van der Waals surface area contributed by atoms with Crippen LogP contribution in [0.4, 0.5) is 5.82 Å². The minimum absolute atomic E-state index is 0.0954. The standard InChI is InChI=1S/C21H24N4O2S/c1-14(2)18(21(26)25-8-10-27-11-9-25)23-20-16-5-3-4-6-17(16)22-19(24-20)15-7-12-28-13-15/h3-7,12-14,18H,8-11H2,1-2H3,(H,22,23,24). The van der Waals surface area contributed by atoms with Crippen LogP contribution in [0.25, 0.3) is 22.3 Å². The van der Waals surface area contributed by atoms with E-state index in [0.717, 1.165) is 16.5 Å². The summed E-state index contributed by atoms with van der Waals surface area (Å²) in [5.74, 6) is 1.59. The number of anilines is 1. The van der Waals surface area contributed by atoms with Gasteiger partial charge in [-0.05, 0) is 29.5 Å². The summed E-state index contributed by atoms with van der Waals surface area (Å²) in [6, 6.07) is 9.56. The lowest BCUT2D eigenvalue weighted by Crippen LogP contribution is -2.50. The highest BCUT2D eigenvalue weighted by atomic mass is 32.1. The van der Waals surface area contributed by atoms with Crippen molar-refractivity contribution >= 4 is 34.0 Å². The first-order valence-corrected chi connectivity index (χ1v) is 10.5. The molecule has 2 aromatic heterocycles. The van der Waals surface area contributed by atoms with Crippen LogP contribution in [0.5, 0.6) is 0 Å². The van der Waals surface area contributed by atoms with Gasteiger partial charge in [-0.1, -0.05) is 26.0 Å². The summed E-state index contributed by atoms with van der Waals surface area (Å²) in [5, 5.41) is 8.41. The molecule has 1 unspecified atom stereocenters. The van der Waals surface area contributed by atoms with E-state index in [1.165, 1.54) is 0 Å². The predicted molar refractivity (Wildman–Crippen MR) is 112 cm³/mol. The molecule has 4 rings (SSSR count). The molecule has 1 saturated heterocycles. The maximum atomic E-state index is 13.2. The molecule has 3 heterocycles. The predicted octanol–water partition coefficient (Wildman–Crippen LogP) is 3.65. The van der Waals surface area contributed by atoms with Crippen molar-refractivity contribution in [2.24, 2.45) is 5.92 Å². The average Bonchev–Trinajstić information content (AvgIpc) is 3.26. The van der Waals surface area contributed by atoms with E-state index in [4.69, 9.17) is 14.7 Å². The lowest BCUT2D eigenvalue weighted by molar-refractivity contribution is -0.137. The van der Waals surface area contributed by atoms with Crippen LogP contribution in [0, 0.1) is 5.92 Å². The zero-order valence-electron chi connectivity index (χ0n) is 16.1. The first kappa shape index (κ1) is 18.8. The van der Waals surface area contributed by atoms with Crippen molar-refractivity contribution in [2.45, 2.75) is 19.9 Å². The molecule has 1 aromatic carbocycles. The summed E-state index contributed by atoms with van der Waals surface area (Å²) in [6.07, 6.45) is 0. The third-order valence-electron chi connectivity index (χ3n) is 4.93. The number of hydrogen-bond acceptors (Lipinski definition) is 6. The average molecular weight is 397 g/mol. The molecular weight excluding hydrogens is 372 g/mol. The van der Waals surface area contributed by atoms with Crippen molar-refractivity contribution in [1.29, 1.82) is 0 Å². The van der Waals surface area contributed by atoms with Crippen LogP contribution < -0.4 is 5.32 Å². The van der Waals surface area contributed by atoms with E-state index < -0.39 is 0 Å². The fourth-order valence-corrected chi connectivity index (χ4v) is 3.98. The molecule has 28 heavy (non-hydrogen) atoms. The second-order valence-corrected chi connectivity index (χ2v) is 8.01. The van der Waals surface area contributed by atoms with Gasteiger partial charge in [-0.15, -0.1) is 0 Å². The number of para-hydroxylation sites is 1. The van der Waals surface area contributed by atoms with Crippen molar-refractivity contribution in [2.75, 3.05) is 31.6 Å². The van der Waals surface area contributed by atoms with Gasteiger partial charge in [0.05, 0.1) is 18.7 Å². The maximum Gasteiger partial charge on any atom is 0.245 e. The number of hydrogen-bond donors (Lipinski definition) is 1. The molecule has 7 heteroatoms. The monoisotopic (exact) mass is 396 g/mol. The summed E-state index contributed by atoms with van der Waals surface area (Å²) in [7, 11) is 0. The zero-order chi connectivity index (χ0) is 19.5. The molecule has 1 amide bonds. The Morgan fingerprint density at radius 2 is 1.96 bits per heavy atom. The van der Waals surface area contributed by atoms with Crippen molar-refractivity contribution < 1.29 is 9.53 Å². The molecule has 1 atom stereocenters. The second-order valence-electron chi connectivity index (χ2n) is 7.23. The smallest absolute Gasteiger partial charge is 0.245 e. The molecule has 1 aliphatic rings. The molecule has 3 aromatic rings. The molecule has 0 bridgehead atoms. The third kappa shape index (κ3) is 3.86. The molecule has 0 radical (unpaired) electrons. The number of thiophene rings is 1. The number of aromatic nitrogens is 2. The normalized spacial score (nSPS) is 15.8. The summed E-state index contributed by atoms with van der Waals surface area (Å²) in [4.78, 5) is 24.5. The number of ether oxygens (including phenoxy) is 1. The van der Waals surface area contributed by atoms with Crippen LogP contribution >= 0.6 is 11.3 Å². The summed E-state index contributed by atoms with van der Waals surface area (Å²) < 4.78 is 5.39. The highest BCUT2D eigenvalue weighted by Crippen LogP contribution is 2.27. The van der Waals surface area contributed by atoms with Crippen LogP contribution in [0.3, 0.4) is 0 Å².